The van der Waals surface area contributed by atoms with Crippen molar-refractivity contribution in [2.24, 2.45) is 4.99 Å². The number of hydrogen-bond acceptors (Lipinski definition) is 4. The van der Waals surface area contributed by atoms with Crippen LogP contribution >= 0.6 is 11.8 Å². The molecule has 0 aliphatic carbocycles. The zero-order valence-electron chi connectivity index (χ0n) is 17.0. The minimum atomic E-state index is -0.900. The van der Waals surface area contributed by atoms with Crippen molar-refractivity contribution in [3.05, 3.63) is 102 Å². The second-order valence-corrected chi connectivity index (χ2v) is 7.86. The first-order chi connectivity index (χ1) is 15.9. The molecule has 1 aliphatic rings. The SMILES string of the molecule is O=C(CSC1=N/C(=C\c2ccccc2)C(=O)N1c1ccc(F)cc1)Nc1ccc(F)cc1F. The number of halogens is 3. The molecule has 1 N–H and O–H groups in total. The molecule has 0 bridgehead atoms. The number of hydrogen-bond donors (Lipinski definition) is 1. The molecule has 166 valence electrons. The molecule has 0 radical (unpaired) electrons. The van der Waals surface area contributed by atoms with E-state index in [0.29, 0.717) is 11.8 Å². The second kappa shape index (κ2) is 9.74. The van der Waals surface area contributed by atoms with E-state index in [1.54, 1.807) is 6.08 Å². The lowest BCUT2D eigenvalue weighted by atomic mass is 10.2. The molecular formula is C24H16F3N3O2S. The van der Waals surface area contributed by atoms with Gasteiger partial charge in [0, 0.05) is 6.07 Å². The van der Waals surface area contributed by atoms with Gasteiger partial charge in [0.05, 0.1) is 17.1 Å². The van der Waals surface area contributed by atoms with Gasteiger partial charge < -0.3 is 5.32 Å². The van der Waals surface area contributed by atoms with E-state index in [1.807, 2.05) is 30.3 Å². The topological polar surface area (TPSA) is 61.8 Å². The lowest BCUT2D eigenvalue weighted by Crippen LogP contribution is -2.31. The molecule has 2 amide bonds. The van der Waals surface area contributed by atoms with Crippen LogP contribution in [0.2, 0.25) is 0 Å². The van der Waals surface area contributed by atoms with E-state index in [9.17, 15) is 22.8 Å². The Bertz CT molecular complexity index is 1260. The number of aliphatic imine (C=N–C) groups is 1. The van der Waals surface area contributed by atoms with E-state index in [0.717, 1.165) is 29.5 Å². The van der Waals surface area contributed by atoms with Crippen LogP contribution in [-0.4, -0.2) is 22.7 Å². The fourth-order valence-electron chi connectivity index (χ4n) is 3.03. The summed E-state index contributed by atoms with van der Waals surface area (Å²) in [5.74, 6) is -3.32. The summed E-state index contributed by atoms with van der Waals surface area (Å²) in [6.45, 7) is 0. The molecular weight excluding hydrogens is 451 g/mol. The van der Waals surface area contributed by atoms with Crippen LogP contribution in [0.25, 0.3) is 6.08 Å². The highest BCUT2D eigenvalue weighted by atomic mass is 32.2. The minimum absolute atomic E-state index is 0.151. The third kappa shape index (κ3) is 5.32. The molecule has 9 heteroatoms. The molecule has 33 heavy (non-hydrogen) atoms. The largest absolute Gasteiger partial charge is 0.323 e. The maximum absolute atomic E-state index is 13.8. The van der Waals surface area contributed by atoms with Gasteiger partial charge in [-0.3, -0.25) is 14.5 Å². The van der Waals surface area contributed by atoms with Crippen molar-refractivity contribution in [1.82, 2.24) is 0 Å². The normalized spacial score (nSPS) is 14.5. The highest BCUT2D eigenvalue weighted by Gasteiger charge is 2.32. The van der Waals surface area contributed by atoms with Crippen LogP contribution in [-0.2, 0) is 9.59 Å². The molecule has 3 aromatic rings. The van der Waals surface area contributed by atoms with Crippen molar-refractivity contribution in [1.29, 1.82) is 0 Å². The van der Waals surface area contributed by atoms with Crippen molar-refractivity contribution in [2.45, 2.75) is 0 Å². The number of nitrogens with zero attached hydrogens (tertiary/aromatic N) is 2. The van der Waals surface area contributed by atoms with E-state index in [4.69, 9.17) is 0 Å². The molecule has 0 aromatic heterocycles. The third-order valence-electron chi connectivity index (χ3n) is 4.55. The maximum Gasteiger partial charge on any atom is 0.283 e. The van der Waals surface area contributed by atoms with Crippen LogP contribution in [0.4, 0.5) is 24.5 Å². The Morgan fingerprint density at radius 1 is 0.970 bits per heavy atom. The standard InChI is InChI=1S/C24H16F3N3O2S/c25-16-6-9-18(10-7-16)30-23(32)21(12-15-4-2-1-3-5-15)29-24(30)33-14-22(31)28-20-11-8-17(26)13-19(20)27/h1-13H,14H2,(H,28,31)/b21-12-. The summed E-state index contributed by atoms with van der Waals surface area (Å²) >= 11 is 0.958. The Balaban J connectivity index is 1.56. The van der Waals surface area contributed by atoms with E-state index in [-0.39, 0.29) is 22.3 Å². The number of amides is 2. The highest BCUT2D eigenvalue weighted by Crippen LogP contribution is 2.29. The Morgan fingerprint density at radius 2 is 1.67 bits per heavy atom. The quantitative estimate of drug-likeness (QED) is 0.524. The molecule has 0 saturated carbocycles. The van der Waals surface area contributed by atoms with Crippen LogP contribution in [0.1, 0.15) is 5.56 Å². The van der Waals surface area contributed by atoms with E-state index in [2.05, 4.69) is 10.3 Å². The van der Waals surface area contributed by atoms with Gasteiger partial charge in [-0.25, -0.2) is 18.2 Å². The predicted octanol–water partition coefficient (Wildman–Crippen LogP) is 5.22. The van der Waals surface area contributed by atoms with Crippen LogP contribution < -0.4 is 10.2 Å². The van der Waals surface area contributed by atoms with Crippen molar-refractivity contribution in [3.8, 4) is 0 Å². The Labute approximate surface area is 191 Å². The first-order valence-corrected chi connectivity index (χ1v) is 10.7. The number of rotatable bonds is 5. The Morgan fingerprint density at radius 3 is 2.36 bits per heavy atom. The number of amidine groups is 1. The fourth-order valence-corrected chi connectivity index (χ4v) is 3.84. The maximum atomic E-state index is 13.8. The number of carbonyl (C=O) groups excluding carboxylic acids is 2. The van der Waals surface area contributed by atoms with Gasteiger partial charge in [-0.05, 0) is 48.0 Å². The van der Waals surface area contributed by atoms with Crippen molar-refractivity contribution >= 4 is 46.2 Å². The smallest absolute Gasteiger partial charge is 0.283 e. The average molecular weight is 467 g/mol. The first-order valence-electron chi connectivity index (χ1n) is 9.74. The van der Waals surface area contributed by atoms with Gasteiger partial charge in [0.15, 0.2) is 5.17 Å². The molecule has 0 fully saturated rings. The molecule has 0 unspecified atom stereocenters. The predicted molar refractivity (Wildman–Crippen MR) is 123 cm³/mol. The van der Waals surface area contributed by atoms with Gasteiger partial charge in [0.1, 0.15) is 23.1 Å². The van der Waals surface area contributed by atoms with Gasteiger partial charge in [-0.1, -0.05) is 42.1 Å². The molecule has 0 spiro atoms. The zero-order valence-corrected chi connectivity index (χ0v) is 17.8. The molecule has 5 nitrogen and oxygen atoms in total. The summed E-state index contributed by atoms with van der Waals surface area (Å²) in [6, 6.07) is 17.2. The Hall–Kier alpha value is -3.85. The summed E-state index contributed by atoms with van der Waals surface area (Å²) in [4.78, 5) is 31.1. The first kappa shape index (κ1) is 22.3. The van der Waals surface area contributed by atoms with Gasteiger partial charge in [0.25, 0.3) is 5.91 Å². The highest BCUT2D eigenvalue weighted by molar-refractivity contribution is 8.14. The van der Waals surface area contributed by atoms with Crippen molar-refractivity contribution in [3.63, 3.8) is 0 Å². The number of nitrogens with one attached hydrogen (secondary N) is 1. The molecule has 3 aromatic carbocycles. The lowest BCUT2D eigenvalue weighted by Gasteiger charge is -2.17. The van der Waals surface area contributed by atoms with Crippen LogP contribution in [0.3, 0.4) is 0 Å². The average Bonchev–Trinajstić information content (AvgIpc) is 3.10. The van der Waals surface area contributed by atoms with Gasteiger partial charge in [-0.2, -0.15) is 0 Å². The fraction of sp³-hybridized carbons (Fsp3) is 0.0417. The summed E-state index contributed by atoms with van der Waals surface area (Å²) in [7, 11) is 0. The summed E-state index contributed by atoms with van der Waals surface area (Å²) < 4.78 is 40.3. The van der Waals surface area contributed by atoms with Gasteiger partial charge in [0.2, 0.25) is 5.91 Å². The van der Waals surface area contributed by atoms with Gasteiger partial charge >= 0.3 is 0 Å². The summed E-state index contributed by atoms with van der Waals surface area (Å²) in [6.07, 6.45) is 1.61. The molecule has 0 saturated heterocycles. The summed E-state index contributed by atoms with van der Waals surface area (Å²) in [5, 5.41) is 2.57. The van der Waals surface area contributed by atoms with Crippen LogP contribution in [0, 0.1) is 17.5 Å². The number of thioether (sulfide) groups is 1. The van der Waals surface area contributed by atoms with Crippen molar-refractivity contribution < 1.29 is 22.8 Å². The second-order valence-electron chi connectivity index (χ2n) is 6.91. The van der Waals surface area contributed by atoms with E-state index in [1.165, 1.54) is 29.2 Å². The summed E-state index contributed by atoms with van der Waals surface area (Å²) in [5.41, 5.74) is 1.14. The van der Waals surface area contributed by atoms with Crippen LogP contribution in [0.15, 0.2) is 83.5 Å². The van der Waals surface area contributed by atoms with Crippen molar-refractivity contribution in [2.75, 3.05) is 16.0 Å². The number of benzene rings is 3. The minimum Gasteiger partial charge on any atom is -0.323 e. The molecule has 1 heterocycles. The lowest BCUT2D eigenvalue weighted by molar-refractivity contribution is -0.114. The van der Waals surface area contributed by atoms with E-state index < -0.39 is 29.3 Å². The molecule has 0 atom stereocenters. The van der Waals surface area contributed by atoms with E-state index >= 15 is 0 Å². The zero-order chi connectivity index (χ0) is 23.4. The molecule has 1 aliphatic heterocycles. The number of carbonyl (C=O) groups is 2. The van der Waals surface area contributed by atoms with Gasteiger partial charge in [-0.15, -0.1) is 0 Å². The third-order valence-corrected chi connectivity index (χ3v) is 5.49. The molecule has 4 rings (SSSR count). The Kier molecular flexibility index (Phi) is 6.60. The monoisotopic (exact) mass is 467 g/mol. The van der Waals surface area contributed by atoms with Crippen LogP contribution in [0.5, 0.6) is 0 Å². The number of anilines is 2.